The molecule has 2 aromatic rings. The lowest BCUT2D eigenvalue weighted by molar-refractivity contribution is -0.385. The molecule has 0 saturated heterocycles. The van der Waals surface area contributed by atoms with Crippen molar-refractivity contribution in [3.8, 4) is 0 Å². The van der Waals surface area contributed by atoms with Crippen molar-refractivity contribution >= 4 is 19.9 Å². The molecule has 2 rings (SSSR count). The van der Waals surface area contributed by atoms with Crippen molar-refractivity contribution in [1.29, 1.82) is 0 Å². The fourth-order valence-electron chi connectivity index (χ4n) is 2.83. The van der Waals surface area contributed by atoms with Crippen molar-refractivity contribution < 1.29 is 18.9 Å². The van der Waals surface area contributed by atoms with Gasteiger partial charge in [-0.1, -0.05) is 0 Å². The Labute approximate surface area is 176 Å². The Balaban J connectivity index is 2.09. The molecule has 2 aromatic carbocycles. The minimum Gasteiger partial charge on any atom is -0.317 e. The molecular formula is C20H26N3O6P. The first kappa shape index (κ1) is 23.8. The second-order valence-electron chi connectivity index (χ2n) is 7.20. The number of nitrogens with zero attached hydrogens (tertiary/aromatic N) is 3. The van der Waals surface area contributed by atoms with Crippen molar-refractivity contribution in [2.24, 2.45) is 0 Å². The maximum atomic E-state index is 10.8. The van der Waals surface area contributed by atoms with E-state index in [-0.39, 0.29) is 36.7 Å². The van der Waals surface area contributed by atoms with E-state index < -0.39 is 18.4 Å². The zero-order chi connectivity index (χ0) is 22.3. The second-order valence-corrected chi connectivity index (χ2v) is 8.65. The maximum Gasteiger partial charge on any atom is 0.269 e. The van der Waals surface area contributed by atoms with Gasteiger partial charge in [-0.3, -0.25) is 20.2 Å². The van der Waals surface area contributed by atoms with E-state index in [9.17, 15) is 20.2 Å². The monoisotopic (exact) mass is 435 g/mol. The molecule has 9 nitrogen and oxygen atoms in total. The first-order chi connectivity index (χ1) is 14.2. The predicted octanol–water partition coefficient (Wildman–Crippen LogP) is 5.58. The van der Waals surface area contributed by atoms with Crippen LogP contribution in [0.2, 0.25) is 0 Å². The van der Waals surface area contributed by atoms with Crippen LogP contribution in [0.15, 0.2) is 48.5 Å². The largest absolute Gasteiger partial charge is 0.317 e. The van der Waals surface area contributed by atoms with Crippen LogP contribution < -0.4 is 0 Å². The Morgan fingerprint density at radius 3 is 1.37 bits per heavy atom. The summed E-state index contributed by atoms with van der Waals surface area (Å²) in [5, 5.41) is 21.6. The normalized spacial score (nSPS) is 11.6. The van der Waals surface area contributed by atoms with Gasteiger partial charge in [0, 0.05) is 36.3 Å². The molecule has 0 unspecified atom stereocenters. The van der Waals surface area contributed by atoms with E-state index in [1.54, 1.807) is 24.3 Å². The zero-order valence-electron chi connectivity index (χ0n) is 17.4. The lowest BCUT2D eigenvalue weighted by atomic mass is 10.2. The minimum atomic E-state index is -1.42. The number of benzene rings is 2. The fraction of sp³-hybridized carbons (Fsp3) is 0.400. The highest BCUT2D eigenvalue weighted by Crippen LogP contribution is 2.47. The Hall–Kier alpha value is -2.45. The zero-order valence-corrected chi connectivity index (χ0v) is 18.3. The van der Waals surface area contributed by atoms with E-state index in [1.165, 1.54) is 24.3 Å². The molecule has 0 atom stereocenters. The Bertz CT molecular complexity index is 773. The highest BCUT2D eigenvalue weighted by Gasteiger charge is 2.27. The van der Waals surface area contributed by atoms with E-state index in [0.717, 1.165) is 11.1 Å². The summed E-state index contributed by atoms with van der Waals surface area (Å²) in [5.74, 6) is 0. The first-order valence-electron chi connectivity index (χ1n) is 9.50. The van der Waals surface area contributed by atoms with E-state index >= 15 is 0 Å². The van der Waals surface area contributed by atoms with Gasteiger partial charge in [-0.2, -0.15) is 0 Å². The molecule has 0 aliphatic rings. The van der Waals surface area contributed by atoms with Gasteiger partial charge < -0.3 is 9.05 Å². The molecule has 0 amide bonds. The van der Waals surface area contributed by atoms with E-state index in [4.69, 9.17) is 9.05 Å². The highest BCUT2D eigenvalue weighted by molar-refractivity contribution is 7.44. The summed E-state index contributed by atoms with van der Waals surface area (Å²) in [5.41, 5.74) is 1.67. The summed E-state index contributed by atoms with van der Waals surface area (Å²) in [6.45, 7) is 8.72. The van der Waals surface area contributed by atoms with E-state index in [0.29, 0.717) is 0 Å². The van der Waals surface area contributed by atoms with Gasteiger partial charge in [-0.05, 0) is 63.1 Å². The summed E-state index contributed by atoms with van der Waals surface area (Å²) in [7, 11) is -1.42. The molecule has 162 valence electrons. The average Bonchev–Trinajstić information content (AvgIpc) is 2.69. The van der Waals surface area contributed by atoms with Crippen molar-refractivity contribution in [1.82, 2.24) is 4.67 Å². The van der Waals surface area contributed by atoms with Gasteiger partial charge in [0.1, 0.15) is 0 Å². The van der Waals surface area contributed by atoms with Gasteiger partial charge in [0.2, 0.25) is 0 Å². The van der Waals surface area contributed by atoms with Gasteiger partial charge in [0.05, 0.1) is 23.1 Å². The molecular weight excluding hydrogens is 409 g/mol. The van der Waals surface area contributed by atoms with Gasteiger partial charge in [-0.25, -0.2) is 4.67 Å². The lowest BCUT2D eigenvalue weighted by Crippen LogP contribution is -2.33. The van der Waals surface area contributed by atoms with Crippen molar-refractivity contribution in [2.75, 3.05) is 0 Å². The molecule has 0 heterocycles. The molecule has 30 heavy (non-hydrogen) atoms. The number of nitro benzene ring substituents is 2. The molecule has 0 bridgehead atoms. The fourth-order valence-corrected chi connectivity index (χ4v) is 4.45. The standard InChI is InChI=1S/C20H26N3O6P/c1-15(2)21(16(3)4)30(28-13-17-5-9-19(10-6-17)22(24)25)29-14-18-7-11-20(12-8-18)23(26)27/h5-12,15-16H,13-14H2,1-4H3. The van der Waals surface area contributed by atoms with Gasteiger partial charge in [-0.15, -0.1) is 0 Å². The summed E-state index contributed by atoms with van der Waals surface area (Å²) in [6, 6.07) is 12.8. The van der Waals surface area contributed by atoms with Gasteiger partial charge in [0.15, 0.2) is 0 Å². The van der Waals surface area contributed by atoms with Crippen LogP contribution in [0.4, 0.5) is 11.4 Å². The lowest BCUT2D eigenvalue weighted by Gasteiger charge is -2.35. The molecule has 0 spiro atoms. The Morgan fingerprint density at radius 1 is 0.767 bits per heavy atom. The summed E-state index contributed by atoms with van der Waals surface area (Å²) >= 11 is 0. The average molecular weight is 435 g/mol. The third-order valence-corrected chi connectivity index (χ3v) is 6.23. The van der Waals surface area contributed by atoms with E-state index in [2.05, 4.69) is 32.4 Å². The van der Waals surface area contributed by atoms with Crippen molar-refractivity contribution in [3.63, 3.8) is 0 Å². The number of non-ortho nitro benzene ring substituents is 2. The quantitative estimate of drug-likeness (QED) is 0.257. The number of hydrogen-bond donors (Lipinski definition) is 0. The summed E-state index contributed by atoms with van der Waals surface area (Å²) in [6.07, 6.45) is 0. The minimum absolute atomic E-state index is 0.0291. The molecule has 0 aliphatic carbocycles. The first-order valence-corrected chi connectivity index (χ1v) is 10.6. The highest BCUT2D eigenvalue weighted by atomic mass is 31.2. The summed E-state index contributed by atoms with van der Waals surface area (Å²) in [4.78, 5) is 20.7. The molecule has 0 radical (unpaired) electrons. The van der Waals surface area contributed by atoms with Crippen LogP contribution in [0.5, 0.6) is 0 Å². The van der Waals surface area contributed by atoms with Gasteiger partial charge >= 0.3 is 0 Å². The van der Waals surface area contributed by atoms with Crippen LogP contribution >= 0.6 is 8.53 Å². The topological polar surface area (TPSA) is 108 Å². The number of hydrogen-bond acceptors (Lipinski definition) is 7. The molecule has 0 saturated carbocycles. The van der Waals surface area contributed by atoms with Crippen LogP contribution in [0.3, 0.4) is 0 Å². The van der Waals surface area contributed by atoms with Gasteiger partial charge in [0.25, 0.3) is 19.9 Å². The second kappa shape index (κ2) is 11.1. The maximum absolute atomic E-state index is 10.8. The molecule has 0 N–H and O–H groups in total. The van der Waals surface area contributed by atoms with Crippen LogP contribution in [-0.2, 0) is 22.3 Å². The van der Waals surface area contributed by atoms with E-state index in [1.807, 2.05) is 0 Å². The van der Waals surface area contributed by atoms with Crippen LogP contribution in [0.1, 0.15) is 38.8 Å². The Kier molecular flexibility index (Phi) is 8.80. The predicted molar refractivity (Wildman–Crippen MR) is 115 cm³/mol. The molecule has 0 aliphatic heterocycles. The smallest absolute Gasteiger partial charge is 0.269 e. The Morgan fingerprint density at radius 2 is 1.10 bits per heavy atom. The third-order valence-electron chi connectivity index (χ3n) is 4.22. The number of rotatable bonds is 11. The third kappa shape index (κ3) is 6.81. The van der Waals surface area contributed by atoms with Crippen LogP contribution in [-0.4, -0.2) is 26.6 Å². The van der Waals surface area contributed by atoms with Crippen LogP contribution in [0, 0.1) is 20.2 Å². The SMILES string of the molecule is CC(C)N(C(C)C)P(OCc1ccc([N+](=O)[O-])cc1)OCc1ccc([N+](=O)[O-])cc1. The van der Waals surface area contributed by atoms with Crippen molar-refractivity contribution in [2.45, 2.75) is 53.0 Å². The summed E-state index contributed by atoms with van der Waals surface area (Å²) < 4.78 is 14.3. The van der Waals surface area contributed by atoms with Crippen molar-refractivity contribution in [3.05, 3.63) is 79.9 Å². The van der Waals surface area contributed by atoms with Crippen LogP contribution in [0.25, 0.3) is 0 Å². The molecule has 10 heteroatoms. The number of nitro groups is 2. The molecule has 0 aromatic heterocycles. The molecule has 0 fully saturated rings.